The maximum absolute atomic E-state index is 12.5. The summed E-state index contributed by atoms with van der Waals surface area (Å²) in [6.45, 7) is 0. The third-order valence-electron chi connectivity index (χ3n) is 1.64. The molecule has 1 atom stereocenters. The molecule has 0 heterocycles. The minimum Gasteiger partial charge on any atom is -0.384 e. The minimum atomic E-state index is -5.82. The molecule has 1 rings (SSSR count). The van der Waals surface area contributed by atoms with Gasteiger partial charge in [-0.15, -0.1) is 5.14 Å². The predicted molar refractivity (Wildman–Crippen MR) is 47.9 cm³/mol. The minimum absolute atomic E-state index is 0.538. The smallest absolute Gasteiger partial charge is 0.384 e. The summed E-state index contributed by atoms with van der Waals surface area (Å²) in [7, 11) is -5.82. The van der Waals surface area contributed by atoms with E-state index in [1.165, 1.54) is 17.6 Å². The van der Waals surface area contributed by atoms with Crippen molar-refractivity contribution < 1.29 is 27.5 Å². The van der Waals surface area contributed by atoms with E-state index in [1.807, 2.05) is 0 Å². The van der Waals surface area contributed by atoms with Crippen LogP contribution in [0.4, 0.5) is 28.8 Å². The fourth-order valence-corrected chi connectivity index (χ4v) is 0.949. The Morgan fingerprint density at radius 3 is 2.38 bits per heavy atom. The van der Waals surface area contributed by atoms with Crippen molar-refractivity contribution in [3.05, 3.63) is 34.4 Å². The van der Waals surface area contributed by atoms with E-state index in [9.17, 15) is 27.5 Å². The molecule has 88 valence electrons. The molecule has 0 aliphatic heterocycles. The predicted octanol–water partition coefficient (Wildman–Crippen LogP) is 1.04. The fraction of sp³-hybridized carbons (Fsp3) is 0. The number of nitrogens with zero attached hydrogens (tertiary/aromatic N) is 1. The molecular weight excluding hydrogens is 233 g/mol. The first-order valence-corrected chi connectivity index (χ1v) is 4.05. The molecule has 0 aliphatic carbocycles. The van der Waals surface area contributed by atoms with Crippen LogP contribution in [-0.2, 0) is 0 Å². The first-order chi connectivity index (χ1) is 7.32. The number of quaternary nitrogens is 1. The van der Waals surface area contributed by atoms with E-state index < -0.39 is 28.6 Å². The number of benzene rings is 1. The number of hydrogen-bond donors (Lipinski definition) is 2. The van der Waals surface area contributed by atoms with Crippen LogP contribution in [0, 0.1) is 10.1 Å². The van der Waals surface area contributed by atoms with Crippen molar-refractivity contribution in [2.75, 3.05) is 5.43 Å². The van der Waals surface area contributed by atoms with Crippen LogP contribution in [-0.4, -0.2) is 12.0 Å². The molecule has 0 saturated heterocycles. The number of halogens is 4. The van der Waals surface area contributed by atoms with Crippen LogP contribution in [0.3, 0.4) is 0 Å². The molecule has 0 fully saturated rings. The van der Waals surface area contributed by atoms with Crippen LogP contribution in [0.15, 0.2) is 24.3 Å². The second-order valence-corrected chi connectivity index (χ2v) is 2.82. The first kappa shape index (κ1) is 12.2. The maximum atomic E-state index is 12.5. The lowest BCUT2D eigenvalue weighted by atomic mass is 10.2. The van der Waals surface area contributed by atoms with Crippen molar-refractivity contribution in [3.63, 3.8) is 0 Å². The van der Waals surface area contributed by atoms with Crippen LogP contribution in [0.1, 0.15) is 0 Å². The molecule has 0 radical (unpaired) electrons. The molecule has 2 N–H and O–H groups in total. The third-order valence-corrected chi connectivity index (χ3v) is 1.64. The zero-order valence-electron chi connectivity index (χ0n) is 7.66. The van der Waals surface area contributed by atoms with Gasteiger partial charge in [-0.2, -0.15) is 0 Å². The normalized spacial score (nSPS) is 13.2. The van der Waals surface area contributed by atoms with Crippen molar-refractivity contribution in [2.45, 2.75) is 0 Å². The molecule has 1 unspecified atom stereocenters. The van der Waals surface area contributed by atoms with Crippen LogP contribution < -0.4 is 10.6 Å². The van der Waals surface area contributed by atoms with E-state index in [0.29, 0.717) is 0 Å². The van der Waals surface area contributed by atoms with E-state index in [-0.39, 0.29) is 0 Å². The average Bonchev–Trinajstić information content (AvgIpc) is 2.16. The summed E-state index contributed by atoms with van der Waals surface area (Å²) in [6.07, 6.45) is 0. The number of rotatable bonds is 4. The molecule has 0 aliphatic rings. The second kappa shape index (κ2) is 4.35. The van der Waals surface area contributed by atoms with Gasteiger partial charge >= 0.3 is 7.11 Å². The molecule has 0 aromatic heterocycles. The average molecular weight is 239 g/mol. The highest BCUT2D eigenvalue weighted by atomic mass is 19.4. The van der Waals surface area contributed by atoms with Gasteiger partial charge in [0.15, 0.2) is 5.69 Å². The van der Waals surface area contributed by atoms with Gasteiger partial charge in [-0.25, -0.2) is 5.43 Å². The number of hydrogen-bond acceptors (Lipinski definition) is 3. The fourth-order valence-electron chi connectivity index (χ4n) is 0.949. The largest absolute Gasteiger partial charge is 0.792 e. The summed E-state index contributed by atoms with van der Waals surface area (Å²) in [5.41, 5.74) is 0.178. The van der Waals surface area contributed by atoms with E-state index >= 15 is 0 Å². The highest BCUT2D eigenvalue weighted by Crippen LogP contribution is 2.21. The Balaban J connectivity index is 2.93. The Kier molecular flexibility index (Phi) is 3.33. The van der Waals surface area contributed by atoms with E-state index in [0.717, 1.165) is 12.1 Å². The van der Waals surface area contributed by atoms with Crippen LogP contribution in [0.25, 0.3) is 0 Å². The number of anilines is 1. The third kappa shape index (κ3) is 2.83. The Labute approximate surface area is 86.8 Å². The first-order valence-electron chi connectivity index (χ1n) is 4.05. The molecule has 16 heavy (non-hydrogen) atoms. The lowest BCUT2D eigenvalue weighted by Gasteiger charge is -2.17. The number of para-hydroxylation sites is 2. The van der Waals surface area contributed by atoms with Gasteiger partial charge in [0.05, 0.1) is 4.92 Å². The van der Waals surface area contributed by atoms with Crippen molar-refractivity contribution in [3.8, 4) is 0 Å². The molecule has 1 aromatic carbocycles. The molecule has 1 aromatic rings. The summed E-state index contributed by atoms with van der Waals surface area (Å²) < 4.78 is 48.2. The molecule has 0 saturated carbocycles. The summed E-state index contributed by atoms with van der Waals surface area (Å²) in [5.74, 6) is 0. The van der Waals surface area contributed by atoms with E-state index in [4.69, 9.17) is 0 Å². The van der Waals surface area contributed by atoms with E-state index in [1.54, 1.807) is 0 Å². The van der Waals surface area contributed by atoms with Gasteiger partial charge in [-0.3, -0.25) is 10.1 Å². The topological polar surface area (TPSA) is 59.6 Å². The summed E-state index contributed by atoms with van der Waals surface area (Å²) in [4.78, 5) is 9.51. The Morgan fingerprint density at radius 1 is 1.31 bits per heavy atom. The van der Waals surface area contributed by atoms with Gasteiger partial charge in [0.25, 0.3) is 5.69 Å². The SMILES string of the molecule is O=[N+]([O-])c1ccccc1N[NH+](F)[B-](F)(F)F. The summed E-state index contributed by atoms with van der Waals surface area (Å²) in [5, 5.41) is 7.97. The van der Waals surface area contributed by atoms with Crippen LogP contribution in [0.5, 0.6) is 0 Å². The van der Waals surface area contributed by atoms with Gasteiger partial charge in [0, 0.05) is 6.07 Å². The molecule has 5 nitrogen and oxygen atoms in total. The Hall–Kier alpha value is -1.84. The van der Waals surface area contributed by atoms with Crippen molar-refractivity contribution in [1.82, 2.24) is 0 Å². The highest BCUT2D eigenvalue weighted by Gasteiger charge is 2.45. The maximum Gasteiger partial charge on any atom is 0.792 e. The summed E-state index contributed by atoms with van der Waals surface area (Å²) >= 11 is 0. The quantitative estimate of drug-likeness (QED) is 0.271. The molecular formula is C6H6BF4N3O2. The molecule has 0 amide bonds. The van der Waals surface area contributed by atoms with Crippen molar-refractivity contribution >= 4 is 18.5 Å². The number of nitro groups is 1. The lowest BCUT2D eigenvalue weighted by molar-refractivity contribution is -0.945. The lowest BCUT2D eigenvalue weighted by Crippen LogP contribution is -3.17. The second-order valence-electron chi connectivity index (χ2n) is 2.82. The molecule has 10 heteroatoms. The van der Waals surface area contributed by atoms with Gasteiger partial charge in [-0.1, -0.05) is 12.1 Å². The van der Waals surface area contributed by atoms with Crippen molar-refractivity contribution in [2.24, 2.45) is 0 Å². The zero-order chi connectivity index (χ0) is 12.3. The van der Waals surface area contributed by atoms with Gasteiger partial charge < -0.3 is 12.9 Å². The Bertz CT molecular complexity index is 400. The van der Waals surface area contributed by atoms with Crippen LogP contribution >= 0.6 is 0 Å². The Morgan fingerprint density at radius 2 is 1.88 bits per heavy atom. The molecule has 0 bridgehead atoms. The summed E-state index contributed by atoms with van der Waals surface area (Å²) in [6, 6.07) is 4.48. The van der Waals surface area contributed by atoms with Gasteiger partial charge in [0.1, 0.15) is 0 Å². The van der Waals surface area contributed by atoms with Gasteiger partial charge in [-0.05, 0) is 10.5 Å². The molecule has 0 spiro atoms. The van der Waals surface area contributed by atoms with Gasteiger partial charge in [0.2, 0.25) is 0 Å². The van der Waals surface area contributed by atoms with Crippen molar-refractivity contribution in [1.29, 1.82) is 0 Å². The number of nitro benzene ring substituents is 1. The standard InChI is InChI=1S/C6H6BF4N3O2/c8-7(9,10)14(11)12-5-3-1-2-4-6(5)13(15)16/h1-4,12,14H. The monoisotopic (exact) mass is 239 g/mol. The number of nitrogens with one attached hydrogen (secondary N) is 2. The zero-order valence-corrected chi connectivity index (χ0v) is 7.66. The van der Waals surface area contributed by atoms with Crippen LogP contribution in [0.2, 0.25) is 0 Å². The highest BCUT2D eigenvalue weighted by molar-refractivity contribution is 6.48. The van der Waals surface area contributed by atoms with E-state index in [2.05, 4.69) is 0 Å².